The third-order valence-corrected chi connectivity index (χ3v) is 5.33. The Hall–Kier alpha value is -2.80. The van der Waals surface area contributed by atoms with Gasteiger partial charge < -0.3 is 16.0 Å². The zero-order chi connectivity index (χ0) is 20.8. The van der Waals surface area contributed by atoms with Crippen molar-refractivity contribution in [2.24, 2.45) is 0 Å². The topological polar surface area (TPSA) is 87.3 Å². The Morgan fingerprint density at radius 1 is 1.00 bits per heavy atom. The first-order valence-corrected chi connectivity index (χ1v) is 10.6. The van der Waals surface area contributed by atoms with E-state index in [1.54, 1.807) is 36.4 Å². The molecule has 29 heavy (non-hydrogen) atoms. The van der Waals surface area contributed by atoms with E-state index in [0.717, 1.165) is 17.7 Å². The van der Waals surface area contributed by atoms with Crippen molar-refractivity contribution in [2.45, 2.75) is 43.7 Å². The van der Waals surface area contributed by atoms with Crippen molar-refractivity contribution in [1.29, 1.82) is 0 Å². The van der Waals surface area contributed by atoms with Gasteiger partial charge in [0.25, 0.3) is 11.8 Å². The van der Waals surface area contributed by atoms with Gasteiger partial charge in [0.05, 0.1) is 11.3 Å². The van der Waals surface area contributed by atoms with Crippen LogP contribution in [-0.4, -0.2) is 35.6 Å². The van der Waals surface area contributed by atoms with Crippen molar-refractivity contribution in [3.63, 3.8) is 0 Å². The van der Waals surface area contributed by atoms with E-state index in [-0.39, 0.29) is 29.5 Å². The monoisotopic (exact) mass is 411 g/mol. The van der Waals surface area contributed by atoms with Gasteiger partial charge in [-0.2, -0.15) is 0 Å². The standard InChI is InChI=1S/C22H25N3O3S/c1-14(2)23-20(26)13-29-19-6-4-3-5-18(19)22(28)25-16-9-7-15(8-10-16)21(27)24-17-11-12-17/h3-10,14,17H,11-13H2,1-2H3,(H,23,26)(H,24,27)(H,25,28). The molecule has 3 rings (SSSR count). The van der Waals surface area contributed by atoms with Crippen LogP contribution in [0.3, 0.4) is 0 Å². The van der Waals surface area contributed by atoms with Crippen LogP contribution in [-0.2, 0) is 4.79 Å². The third kappa shape index (κ3) is 6.35. The fourth-order valence-electron chi connectivity index (χ4n) is 2.69. The Morgan fingerprint density at radius 2 is 1.69 bits per heavy atom. The lowest BCUT2D eigenvalue weighted by Crippen LogP contribution is -2.31. The number of amides is 3. The van der Waals surface area contributed by atoms with E-state index in [4.69, 9.17) is 0 Å². The molecule has 1 fully saturated rings. The van der Waals surface area contributed by atoms with Crippen LogP contribution in [0.4, 0.5) is 5.69 Å². The van der Waals surface area contributed by atoms with Gasteiger partial charge in [-0.25, -0.2) is 0 Å². The number of benzene rings is 2. The molecule has 2 aromatic rings. The fourth-order valence-corrected chi connectivity index (χ4v) is 3.55. The highest BCUT2D eigenvalue weighted by Crippen LogP contribution is 2.24. The largest absolute Gasteiger partial charge is 0.353 e. The quantitative estimate of drug-likeness (QED) is 0.581. The first-order valence-electron chi connectivity index (χ1n) is 9.66. The van der Waals surface area contributed by atoms with Crippen molar-refractivity contribution in [3.8, 4) is 0 Å². The van der Waals surface area contributed by atoms with Gasteiger partial charge in [-0.15, -0.1) is 11.8 Å². The van der Waals surface area contributed by atoms with Crippen LogP contribution in [0.5, 0.6) is 0 Å². The van der Waals surface area contributed by atoms with Crippen molar-refractivity contribution in [1.82, 2.24) is 10.6 Å². The van der Waals surface area contributed by atoms with E-state index in [0.29, 0.717) is 22.9 Å². The summed E-state index contributed by atoms with van der Waals surface area (Å²) in [5, 5.41) is 8.63. The van der Waals surface area contributed by atoms with Gasteiger partial charge in [0.2, 0.25) is 5.91 Å². The molecule has 0 saturated heterocycles. The Morgan fingerprint density at radius 3 is 2.34 bits per heavy atom. The predicted molar refractivity (Wildman–Crippen MR) is 115 cm³/mol. The molecule has 0 spiro atoms. The Bertz CT molecular complexity index is 892. The lowest BCUT2D eigenvalue weighted by Gasteiger charge is -2.11. The maximum atomic E-state index is 12.7. The maximum absolute atomic E-state index is 12.7. The lowest BCUT2D eigenvalue weighted by atomic mass is 10.1. The van der Waals surface area contributed by atoms with Crippen molar-refractivity contribution in [2.75, 3.05) is 11.1 Å². The summed E-state index contributed by atoms with van der Waals surface area (Å²) in [7, 11) is 0. The molecule has 3 amide bonds. The molecule has 2 aromatic carbocycles. The molecular formula is C22H25N3O3S. The molecule has 7 heteroatoms. The average Bonchev–Trinajstić information content (AvgIpc) is 3.50. The summed E-state index contributed by atoms with van der Waals surface area (Å²) in [6.45, 7) is 3.82. The van der Waals surface area contributed by atoms with E-state index in [9.17, 15) is 14.4 Å². The number of carbonyl (C=O) groups excluding carboxylic acids is 3. The highest BCUT2D eigenvalue weighted by molar-refractivity contribution is 8.00. The Balaban J connectivity index is 1.61. The molecule has 1 aliphatic carbocycles. The molecule has 0 atom stereocenters. The number of rotatable bonds is 8. The summed E-state index contributed by atoms with van der Waals surface area (Å²) in [5.41, 5.74) is 1.68. The molecule has 0 heterocycles. The Labute approximate surface area is 174 Å². The molecule has 1 saturated carbocycles. The van der Waals surface area contributed by atoms with E-state index in [1.807, 2.05) is 26.0 Å². The number of anilines is 1. The molecule has 0 aliphatic heterocycles. The normalized spacial score (nSPS) is 13.1. The van der Waals surface area contributed by atoms with Gasteiger partial charge in [-0.3, -0.25) is 14.4 Å². The van der Waals surface area contributed by atoms with Gasteiger partial charge in [0.1, 0.15) is 0 Å². The van der Waals surface area contributed by atoms with Crippen LogP contribution in [0.25, 0.3) is 0 Å². The maximum Gasteiger partial charge on any atom is 0.256 e. The second-order valence-corrected chi connectivity index (χ2v) is 8.30. The summed E-state index contributed by atoms with van der Waals surface area (Å²) in [4.78, 5) is 37.4. The highest BCUT2D eigenvalue weighted by atomic mass is 32.2. The molecule has 6 nitrogen and oxygen atoms in total. The van der Waals surface area contributed by atoms with E-state index < -0.39 is 0 Å². The fraction of sp³-hybridized carbons (Fsp3) is 0.318. The van der Waals surface area contributed by atoms with Crippen LogP contribution in [0.1, 0.15) is 47.4 Å². The van der Waals surface area contributed by atoms with Gasteiger partial charge >= 0.3 is 0 Å². The van der Waals surface area contributed by atoms with Crippen LogP contribution >= 0.6 is 11.8 Å². The van der Waals surface area contributed by atoms with E-state index in [1.165, 1.54) is 11.8 Å². The number of hydrogen-bond acceptors (Lipinski definition) is 4. The average molecular weight is 412 g/mol. The van der Waals surface area contributed by atoms with Crippen molar-refractivity contribution >= 4 is 35.2 Å². The molecule has 0 radical (unpaired) electrons. The zero-order valence-electron chi connectivity index (χ0n) is 16.5. The molecule has 152 valence electrons. The van der Waals surface area contributed by atoms with Crippen LogP contribution < -0.4 is 16.0 Å². The second-order valence-electron chi connectivity index (χ2n) is 7.29. The van der Waals surface area contributed by atoms with Gasteiger partial charge in [0.15, 0.2) is 0 Å². The number of thioether (sulfide) groups is 1. The van der Waals surface area contributed by atoms with Crippen molar-refractivity contribution in [3.05, 3.63) is 59.7 Å². The molecule has 0 aromatic heterocycles. The number of hydrogen-bond donors (Lipinski definition) is 3. The van der Waals surface area contributed by atoms with Crippen LogP contribution in [0.15, 0.2) is 53.4 Å². The minimum absolute atomic E-state index is 0.0692. The summed E-state index contributed by atoms with van der Waals surface area (Å²) >= 11 is 1.33. The number of nitrogens with one attached hydrogen (secondary N) is 3. The third-order valence-electron chi connectivity index (χ3n) is 4.26. The summed E-state index contributed by atoms with van der Waals surface area (Å²) in [6.07, 6.45) is 2.08. The predicted octanol–water partition coefficient (Wildman–Crippen LogP) is 3.45. The van der Waals surface area contributed by atoms with Crippen LogP contribution in [0, 0.1) is 0 Å². The first kappa shape index (κ1) is 20.9. The van der Waals surface area contributed by atoms with Crippen molar-refractivity contribution < 1.29 is 14.4 Å². The number of carbonyl (C=O) groups is 3. The summed E-state index contributed by atoms with van der Waals surface area (Å²) in [6, 6.07) is 14.4. The first-order chi connectivity index (χ1) is 13.9. The Kier molecular flexibility index (Phi) is 6.93. The SMILES string of the molecule is CC(C)NC(=O)CSc1ccccc1C(=O)Nc1ccc(C(=O)NC2CC2)cc1. The van der Waals surface area contributed by atoms with Gasteiger partial charge in [-0.1, -0.05) is 12.1 Å². The lowest BCUT2D eigenvalue weighted by molar-refractivity contribution is -0.119. The highest BCUT2D eigenvalue weighted by Gasteiger charge is 2.23. The minimum atomic E-state index is -0.257. The minimum Gasteiger partial charge on any atom is -0.353 e. The molecule has 0 unspecified atom stereocenters. The molecule has 0 bridgehead atoms. The zero-order valence-corrected chi connectivity index (χ0v) is 17.3. The molecular weight excluding hydrogens is 386 g/mol. The summed E-state index contributed by atoms with van der Waals surface area (Å²) < 4.78 is 0. The van der Waals surface area contributed by atoms with E-state index in [2.05, 4.69) is 16.0 Å². The van der Waals surface area contributed by atoms with E-state index >= 15 is 0 Å². The van der Waals surface area contributed by atoms with Gasteiger partial charge in [-0.05, 0) is 63.1 Å². The molecule has 3 N–H and O–H groups in total. The van der Waals surface area contributed by atoms with Gasteiger partial charge in [0, 0.05) is 28.2 Å². The van der Waals surface area contributed by atoms with Crippen LogP contribution in [0.2, 0.25) is 0 Å². The molecule has 1 aliphatic rings. The smallest absolute Gasteiger partial charge is 0.256 e. The summed E-state index contributed by atoms with van der Waals surface area (Å²) in [5.74, 6) is -0.174. The second kappa shape index (κ2) is 9.60.